The summed E-state index contributed by atoms with van der Waals surface area (Å²) in [6.07, 6.45) is 5.84. The molecule has 0 bridgehead atoms. The molecule has 0 spiro atoms. The molecule has 0 unspecified atom stereocenters. The van der Waals surface area contributed by atoms with Crippen LogP contribution in [0.2, 0.25) is 0 Å². The van der Waals surface area contributed by atoms with Gasteiger partial charge in [-0.1, -0.05) is 27.2 Å². The molecule has 2 heterocycles. The van der Waals surface area contributed by atoms with Gasteiger partial charge in [-0.05, 0) is 25.9 Å². The maximum atomic E-state index is 5.78. The van der Waals surface area contributed by atoms with Gasteiger partial charge in [-0.25, -0.2) is 4.98 Å². The summed E-state index contributed by atoms with van der Waals surface area (Å²) in [5.41, 5.74) is -0.0143. The highest BCUT2D eigenvalue weighted by Crippen LogP contribution is 2.22. The third-order valence-electron chi connectivity index (χ3n) is 4.09. The van der Waals surface area contributed by atoms with Gasteiger partial charge in [-0.2, -0.15) is 0 Å². The van der Waals surface area contributed by atoms with E-state index in [4.69, 9.17) is 4.42 Å². The van der Waals surface area contributed by atoms with Gasteiger partial charge in [-0.15, -0.1) is 0 Å². The molecule has 0 radical (unpaired) electrons. The van der Waals surface area contributed by atoms with Crippen LogP contribution in [-0.2, 0) is 12.0 Å². The number of hydrogen-bond acceptors (Lipinski definition) is 4. The van der Waals surface area contributed by atoms with E-state index in [9.17, 15) is 0 Å². The maximum absolute atomic E-state index is 5.78. The molecule has 0 amide bonds. The number of rotatable bonds is 5. The Balaban J connectivity index is 1.71. The lowest BCUT2D eigenvalue weighted by Gasteiger charge is -2.26. The fraction of sp³-hybridized carbons (Fsp3) is 0.765. The SMILES string of the molecule is CN=C(NCCN1CCCCC1)NCc1ncc(C(C)(C)C)o1. The van der Waals surface area contributed by atoms with E-state index in [2.05, 4.69) is 46.3 Å². The lowest BCUT2D eigenvalue weighted by molar-refractivity contribution is 0.232. The average molecular weight is 321 g/mol. The molecule has 23 heavy (non-hydrogen) atoms. The number of oxazole rings is 1. The van der Waals surface area contributed by atoms with Gasteiger partial charge >= 0.3 is 0 Å². The van der Waals surface area contributed by atoms with E-state index < -0.39 is 0 Å². The molecule has 1 aromatic heterocycles. The van der Waals surface area contributed by atoms with Gasteiger partial charge in [0.05, 0.1) is 12.7 Å². The van der Waals surface area contributed by atoms with Crippen molar-refractivity contribution in [1.82, 2.24) is 20.5 Å². The molecule has 2 N–H and O–H groups in total. The first kappa shape index (κ1) is 17.8. The molecule has 6 heteroatoms. The molecule has 1 aliphatic heterocycles. The van der Waals surface area contributed by atoms with Crippen LogP contribution in [0.5, 0.6) is 0 Å². The van der Waals surface area contributed by atoms with Gasteiger partial charge < -0.3 is 20.0 Å². The van der Waals surface area contributed by atoms with Gasteiger partial charge in [0.15, 0.2) is 5.96 Å². The van der Waals surface area contributed by atoms with Crippen molar-refractivity contribution in [3.05, 3.63) is 17.8 Å². The quantitative estimate of drug-likeness (QED) is 0.642. The van der Waals surface area contributed by atoms with E-state index in [1.165, 1.54) is 32.4 Å². The second-order valence-electron chi connectivity index (χ2n) is 7.12. The van der Waals surface area contributed by atoms with Gasteiger partial charge in [-0.3, -0.25) is 4.99 Å². The van der Waals surface area contributed by atoms with Gasteiger partial charge in [0.1, 0.15) is 5.76 Å². The predicted octanol–water partition coefficient (Wildman–Crippen LogP) is 2.12. The highest BCUT2D eigenvalue weighted by atomic mass is 16.4. The van der Waals surface area contributed by atoms with E-state index in [1.807, 2.05) is 6.20 Å². The molecule has 0 atom stereocenters. The predicted molar refractivity (Wildman–Crippen MR) is 93.7 cm³/mol. The van der Waals surface area contributed by atoms with Crippen LogP contribution in [-0.4, -0.2) is 49.1 Å². The van der Waals surface area contributed by atoms with Crippen molar-refractivity contribution in [1.29, 1.82) is 0 Å². The topological polar surface area (TPSA) is 65.7 Å². The van der Waals surface area contributed by atoms with E-state index in [0.29, 0.717) is 12.4 Å². The smallest absolute Gasteiger partial charge is 0.213 e. The van der Waals surface area contributed by atoms with Crippen molar-refractivity contribution in [2.45, 2.75) is 52.0 Å². The number of likely N-dealkylation sites (tertiary alicyclic amines) is 1. The van der Waals surface area contributed by atoms with E-state index in [-0.39, 0.29) is 5.41 Å². The van der Waals surface area contributed by atoms with E-state index in [0.717, 1.165) is 24.8 Å². The minimum Gasteiger partial charge on any atom is -0.443 e. The summed E-state index contributed by atoms with van der Waals surface area (Å²) >= 11 is 0. The number of hydrogen-bond donors (Lipinski definition) is 2. The van der Waals surface area contributed by atoms with E-state index in [1.54, 1.807) is 7.05 Å². The van der Waals surface area contributed by atoms with Crippen LogP contribution in [0.1, 0.15) is 51.7 Å². The summed E-state index contributed by atoms with van der Waals surface area (Å²) in [5, 5.41) is 6.60. The lowest BCUT2D eigenvalue weighted by atomic mass is 9.94. The molecule has 0 aromatic carbocycles. The Hall–Kier alpha value is -1.56. The normalized spacial score (nSPS) is 17.3. The molecule has 1 aliphatic rings. The molecule has 130 valence electrons. The maximum Gasteiger partial charge on any atom is 0.213 e. The first-order valence-corrected chi connectivity index (χ1v) is 8.61. The summed E-state index contributed by atoms with van der Waals surface area (Å²) in [4.78, 5) is 11.1. The first-order chi connectivity index (χ1) is 11.0. The molecular formula is C17H31N5O. The minimum absolute atomic E-state index is 0.0143. The van der Waals surface area contributed by atoms with Crippen LogP contribution in [0.25, 0.3) is 0 Å². The number of aliphatic imine (C=N–C) groups is 1. The molecular weight excluding hydrogens is 290 g/mol. The Morgan fingerprint density at radius 1 is 1.26 bits per heavy atom. The zero-order valence-corrected chi connectivity index (χ0v) is 15.0. The lowest BCUT2D eigenvalue weighted by Crippen LogP contribution is -2.42. The molecule has 1 saturated heterocycles. The van der Waals surface area contributed by atoms with Crippen molar-refractivity contribution in [2.24, 2.45) is 4.99 Å². The van der Waals surface area contributed by atoms with Crippen LogP contribution in [0.4, 0.5) is 0 Å². The number of nitrogens with one attached hydrogen (secondary N) is 2. The summed E-state index contributed by atoms with van der Waals surface area (Å²) in [6.45, 7) is 11.3. The monoisotopic (exact) mass is 321 g/mol. The fourth-order valence-corrected chi connectivity index (χ4v) is 2.63. The van der Waals surface area contributed by atoms with E-state index >= 15 is 0 Å². The Morgan fingerprint density at radius 3 is 2.61 bits per heavy atom. The van der Waals surface area contributed by atoms with Crippen molar-refractivity contribution in [3.63, 3.8) is 0 Å². The minimum atomic E-state index is -0.0143. The molecule has 1 fully saturated rings. The molecule has 2 rings (SSSR count). The molecule has 1 aromatic rings. The summed E-state index contributed by atoms with van der Waals surface area (Å²) in [5.74, 6) is 2.38. The zero-order chi connectivity index (χ0) is 16.7. The first-order valence-electron chi connectivity index (χ1n) is 8.61. The molecule has 0 aliphatic carbocycles. The Labute approximate surface area is 139 Å². The van der Waals surface area contributed by atoms with Gasteiger partial charge in [0.25, 0.3) is 0 Å². The standard InChI is InChI=1S/C17H31N5O/c1-17(2,3)14-12-20-15(23-14)13-21-16(18-4)19-8-11-22-9-6-5-7-10-22/h12H,5-11,13H2,1-4H3,(H2,18,19,21). The summed E-state index contributed by atoms with van der Waals surface area (Å²) < 4.78 is 5.78. The van der Waals surface area contributed by atoms with Crippen LogP contribution in [0.15, 0.2) is 15.6 Å². The number of guanidine groups is 1. The second-order valence-corrected chi connectivity index (χ2v) is 7.12. The second kappa shape index (κ2) is 8.34. The number of nitrogens with zero attached hydrogens (tertiary/aromatic N) is 3. The average Bonchev–Trinajstić information content (AvgIpc) is 3.01. The van der Waals surface area contributed by atoms with Crippen molar-refractivity contribution in [3.8, 4) is 0 Å². The third-order valence-corrected chi connectivity index (χ3v) is 4.09. The highest BCUT2D eigenvalue weighted by molar-refractivity contribution is 5.79. The van der Waals surface area contributed by atoms with Gasteiger partial charge in [0.2, 0.25) is 5.89 Å². The van der Waals surface area contributed by atoms with Crippen LogP contribution in [0, 0.1) is 0 Å². The largest absolute Gasteiger partial charge is 0.443 e. The van der Waals surface area contributed by atoms with Crippen LogP contribution >= 0.6 is 0 Å². The Bertz CT molecular complexity index is 497. The van der Waals surface area contributed by atoms with Gasteiger partial charge in [0, 0.05) is 25.6 Å². The van der Waals surface area contributed by atoms with Crippen molar-refractivity contribution < 1.29 is 4.42 Å². The number of piperidine rings is 1. The van der Waals surface area contributed by atoms with Crippen LogP contribution in [0.3, 0.4) is 0 Å². The Morgan fingerprint density at radius 2 is 2.00 bits per heavy atom. The summed E-state index contributed by atoms with van der Waals surface area (Å²) in [7, 11) is 1.78. The highest BCUT2D eigenvalue weighted by Gasteiger charge is 2.19. The molecule has 0 saturated carbocycles. The van der Waals surface area contributed by atoms with Crippen molar-refractivity contribution in [2.75, 3.05) is 33.2 Å². The Kier molecular flexibility index (Phi) is 6.45. The summed E-state index contributed by atoms with van der Waals surface area (Å²) in [6, 6.07) is 0. The van der Waals surface area contributed by atoms with Crippen LogP contribution < -0.4 is 10.6 Å². The zero-order valence-electron chi connectivity index (χ0n) is 15.0. The number of aromatic nitrogens is 1. The van der Waals surface area contributed by atoms with Crippen molar-refractivity contribution >= 4 is 5.96 Å². The fourth-order valence-electron chi connectivity index (χ4n) is 2.63. The third kappa shape index (κ3) is 5.86. The molecule has 6 nitrogen and oxygen atoms in total.